The molecule has 0 radical (unpaired) electrons. The fourth-order valence-electron chi connectivity index (χ4n) is 7.04. The molecule has 0 fully saturated rings. The van der Waals surface area contributed by atoms with Crippen molar-refractivity contribution < 1.29 is 32.9 Å². The quantitative estimate of drug-likeness (QED) is 0.0244. The molecule has 0 rings (SSSR count). The first kappa shape index (κ1) is 56.0. The largest absolute Gasteiger partial charge is 0.472 e. The summed E-state index contributed by atoms with van der Waals surface area (Å²) in [5.74, 6) is -0.185. The Morgan fingerprint density at radius 2 is 0.947 bits per heavy atom. The van der Waals surface area contributed by atoms with E-state index in [1.165, 1.54) is 154 Å². The minimum Gasteiger partial charge on any atom is -0.387 e. The highest BCUT2D eigenvalue weighted by molar-refractivity contribution is 7.47. The van der Waals surface area contributed by atoms with Gasteiger partial charge in [0.05, 0.1) is 39.9 Å². The van der Waals surface area contributed by atoms with E-state index in [1.54, 1.807) is 6.08 Å². The van der Waals surface area contributed by atoms with Crippen molar-refractivity contribution in [3.05, 3.63) is 24.3 Å². The van der Waals surface area contributed by atoms with Crippen LogP contribution in [0.4, 0.5) is 0 Å². The highest BCUT2D eigenvalue weighted by Crippen LogP contribution is 2.43. The fourth-order valence-corrected chi connectivity index (χ4v) is 7.77. The molecule has 0 aliphatic heterocycles. The Kier molecular flexibility index (Phi) is 39.7. The van der Waals surface area contributed by atoms with E-state index in [0.717, 1.165) is 51.4 Å². The van der Waals surface area contributed by atoms with Crippen LogP contribution in [0.1, 0.15) is 226 Å². The molecule has 0 aromatic rings. The summed E-state index contributed by atoms with van der Waals surface area (Å²) < 4.78 is 23.6. The van der Waals surface area contributed by atoms with Gasteiger partial charge in [-0.25, -0.2) is 4.57 Å². The predicted octanol–water partition coefficient (Wildman–Crippen LogP) is 13.7. The van der Waals surface area contributed by atoms with Gasteiger partial charge >= 0.3 is 7.82 Å². The molecule has 0 aromatic carbocycles. The van der Waals surface area contributed by atoms with Crippen molar-refractivity contribution in [2.45, 2.75) is 238 Å². The van der Waals surface area contributed by atoms with Crippen molar-refractivity contribution in [3.63, 3.8) is 0 Å². The zero-order valence-corrected chi connectivity index (χ0v) is 39.2. The van der Waals surface area contributed by atoms with E-state index in [0.29, 0.717) is 17.4 Å². The van der Waals surface area contributed by atoms with Crippen LogP contribution in [0, 0.1) is 0 Å². The Morgan fingerprint density at radius 1 is 0.579 bits per heavy atom. The summed E-state index contributed by atoms with van der Waals surface area (Å²) in [6.07, 6.45) is 48.2. The van der Waals surface area contributed by atoms with Crippen molar-refractivity contribution >= 4 is 13.7 Å². The highest BCUT2D eigenvalue weighted by atomic mass is 31.2. The van der Waals surface area contributed by atoms with Crippen LogP contribution in [0.2, 0.25) is 0 Å². The van der Waals surface area contributed by atoms with Crippen LogP contribution in [0.3, 0.4) is 0 Å². The number of quaternary nitrogens is 1. The van der Waals surface area contributed by atoms with E-state index in [9.17, 15) is 19.4 Å². The average Bonchev–Trinajstić information content (AvgIpc) is 3.16. The zero-order chi connectivity index (χ0) is 42.1. The first-order valence-corrected chi connectivity index (χ1v) is 25.7. The number of hydrogen-bond donors (Lipinski definition) is 3. The molecule has 0 aromatic heterocycles. The van der Waals surface area contributed by atoms with Gasteiger partial charge in [0.15, 0.2) is 0 Å². The van der Waals surface area contributed by atoms with Gasteiger partial charge < -0.3 is 19.8 Å². The molecule has 3 N–H and O–H groups in total. The normalized spacial score (nSPS) is 14.4. The Balaban J connectivity index is 4.34. The Morgan fingerprint density at radius 3 is 1.35 bits per heavy atom. The first-order chi connectivity index (χ1) is 27.5. The molecule has 8 nitrogen and oxygen atoms in total. The second-order valence-corrected chi connectivity index (χ2v) is 19.3. The summed E-state index contributed by atoms with van der Waals surface area (Å²) >= 11 is 0. The lowest BCUT2D eigenvalue weighted by Crippen LogP contribution is -2.45. The van der Waals surface area contributed by atoms with E-state index < -0.39 is 20.0 Å². The first-order valence-electron chi connectivity index (χ1n) is 24.2. The number of unbranched alkanes of at least 4 members (excludes halogenated alkanes) is 29. The molecule has 0 aliphatic carbocycles. The fraction of sp³-hybridized carbons (Fsp3) is 0.896. The van der Waals surface area contributed by atoms with Gasteiger partial charge in [0, 0.05) is 6.42 Å². The molecule has 57 heavy (non-hydrogen) atoms. The van der Waals surface area contributed by atoms with Crippen LogP contribution in [0.25, 0.3) is 0 Å². The summed E-state index contributed by atoms with van der Waals surface area (Å²) in [7, 11) is 1.57. The third-order valence-electron chi connectivity index (χ3n) is 10.9. The van der Waals surface area contributed by atoms with Crippen LogP contribution in [0.15, 0.2) is 24.3 Å². The number of carbonyl (C=O) groups is 1. The lowest BCUT2D eigenvalue weighted by Gasteiger charge is -2.25. The number of rotatable bonds is 44. The van der Waals surface area contributed by atoms with E-state index in [1.807, 2.05) is 27.2 Å². The van der Waals surface area contributed by atoms with Gasteiger partial charge in [-0.15, -0.1) is 0 Å². The summed E-state index contributed by atoms with van der Waals surface area (Å²) in [5.41, 5.74) is 0. The Bertz CT molecular complexity index is 984. The maximum atomic E-state index is 12.9. The van der Waals surface area contributed by atoms with Gasteiger partial charge in [0.25, 0.3) is 0 Å². The van der Waals surface area contributed by atoms with Crippen molar-refractivity contribution in [2.24, 2.45) is 0 Å². The van der Waals surface area contributed by atoms with Gasteiger partial charge in [0.2, 0.25) is 5.91 Å². The zero-order valence-electron chi connectivity index (χ0n) is 38.3. The highest BCUT2D eigenvalue weighted by Gasteiger charge is 2.27. The van der Waals surface area contributed by atoms with Crippen LogP contribution < -0.4 is 5.32 Å². The molecule has 0 heterocycles. The third-order valence-corrected chi connectivity index (χ3v) is 11.9. The van der Waals surface area contributed by atoms with Gasteiger partial charge in [-0.2, -0.15) is 0 Å². The number of nitrogens with one attached hydrogen (secondary N) is 1. The number of hydrogen-bond acceptors (Lipinski definition) is 5. The number of nitrogens with zero attached hydrogens (tertiary/aromatic N) is 1. The molecular formula is C48H96N2O6P+. The molecular weight excluding hydrogens is 732 g/mol. The van der Waals surface area contributed by atoms with Gasteiger partial charge in [-0.1, -0.05) is 199 Å². The summed E-state index contributed by atoms with van der Waals surface area (Å²) in [6.45, 7) is 4.81. The number of aliphatic hydroxyl groups is 1. The lowest BCUT2D eigenvalue weighted by molar-refractivity contribution is -0.870. The van der Waals surface area contributed by atoms with Crippen LogP contribution in [-0.2, 0) is 18.4 Å². The second-order valence-electron chi connectivity index (χ2n) is 17.8. The molecule has 0 aliphatic rings. The molecule has 0 saturated heterocycles. The number of amides is 1. The van der Waals surface area contributed by atoms with E-state index >= 15 is 0 Å². The lowest BCUT2D eigenvalue weighted by atomic mass is 10.0. The predicted molar refractivity (Wildman–Crippen MR) is 245 cm³/mol. The molecule has 1 amide bonds. The second kappa shape index (κ2) is 40.4. The number of allylic oxidation sites excluding steroid dienone is 3. The summed E-state index contributed by atoms with van der Waals surface area (Å²) in [4.78, 5) is 23.1. The minimum absolute atomic E-state index is 0.0611. The van der Waals surface area contributed by atoms with E-state index in [2.05, 4.69) is 31.3 Å². The molecule has 3 unspecified atom stereocenters. The van der Waals surface area contributed by atoms with E-state index in [4.69, 9.17) is 9.05 Å². The van der Waals surface area contributed by atoms with Crippen molar-refractivity contribution in [2.75, 3.05) is 40.9 Å². The number of phosphoric ester groups is 1. The minimum atomic E-state index is -4.34. The van der Waals surface area contributed by atoms with Crippen molar-refractivity contribution in [3.8, 4) is 0 Å². The van der Waals surface area contributed by atoms with Crippen molar-refractivity contribution in [1.82, 2.24) is 5.32 Å². The Hall–Kier alpha value is -1.02. The van der Waals surface area contributed by atoms with Crippen LogP contribution in [0.5, 0.6) is 0 Å². The van der Waals surface area contributed by atoms with Gasteiger partial charge in [-0.05, 0) is 44.9 Å². The van der Waals surface area contributed by atoms with Gasteiger partial charge in [0.1, 0.15) is 13.2 Å². The monoisotopic (exact) mass is 828 g/mol. The molecule has 3 atom stereocenters. The number of phosphoric acid groups is 1. The Labute approximate surface area is 354 Å². The number of likely N-dealkylation sites (N-methyl/N-ethyl adjacent to an activating group) is 1. The maximum absolute atomic E-state index is 12.9. The standard InChI is InChI=1S/C48H95N2O6P/c1-6-8-10-12-14-16-18-20-22-23-24-25-26-27-28-29-31-33-35-37-39-41-47(51)46(45-56-57(53,54)55-44-43-50(3,4)5)49-48(52)42-40-38-36-34-32-30-21-19-17-15-13-11-9-7-2/h19,21,39,41,46-47,51H,6-18,20,22-38,40,42-45H2,1-5H3,(H-,49,52,53,54)/p+1/b21-19-,41-39+. The molecule has 0 saturated carbocycles. The number of aliphatic hydroxyl groups excluding tert-OH is 1. The van der Waals surface area contributed by atoms with Crippen molar-refractivity contribution in [1.29, 1.82) is 0 Å². The van der Waals surface area contributed by atoms with E-state index in [-0.39, 0.29) is 19.1 Å². The molecule has 0 bridgehead atoms. The number of carbonyl (C=O) groups excluding carboxylic acids is 1. The van der Waals surface area contributed by atoms with Gasteiger partial charge in [-0.3, -0.25) is 13.8 Å². The van der Waals surface area contributed by atoms with Crippen LogP contribution >= 0.6 is 7.82 Å². The SMILES string of the molecule is CCCCCCC/C=C\CCCCCCCC(=O)NC(COP(=O)(O)OCC[N+](C)(C)C)C(O)/C=C/CCCCCCCCCCCCCCCCCCCCC. The molecule has 9 heteroatoms. The topological polar surface area (TPSA) is 105 Å². The average molecular weight is 828 g/mol. The summed E-state index contributed by atoms with van der Waals surface area (Å²) in [6, 6.07) is -0.847. The molecule has 338 valence electrons. The summed E-state index contributed by atoms with van der Waals surface area (Å²) in [5, 5.41) is 13.9. The maximum Gasteiger partial charge on any atom is 0.472 e. The molecule has 0 spiro atoms. The smallest absolute Gasteiger partial charge is 0.387 e. The third kappa shape index (κ3) is 42.9. The van der Waals surface area contributed by atoms with Crippen LogP contribution in [-0.4, -0.2) is 73.4 Å².